The van der Waals surface area contributed by atoms with E-state index in [1.54, 1.807) is 18.0 Å². The Balaban J connectivity index is 1.97. The number of nitrogens with one attached hydrogen (secondary N) is 1. The fourth-order valence-corrected chi connectivity index (χ4v) is 2.71. The van der Waals surface area contributed by atoms with Crippen LogP contribution in [0.15, 0.2) is 17.3 Å². The van der Waals surface area contributed by atoms with E-state index >= 15 is 0 Å². The topological polar surface area (TPSA) is 50.2 Å². The van der Waals surface area contributed by atoms with Gasteiger partial charge in [-0.2, -0.15) is 0 Å². The fourth-order valence-electron chi connectivity index (χ4n) is 1.57. The number of hydrogen-bond acceptors (Lipinski definition) is 4. The molecule has 1 aromatic rings. The Labute approximate surface area is 106 Å². The molecule has 0 radical (unpaired) electrons. The zero-order valence-corrected chi connectivity index (χ0v) is 11.3. The van der Waals surface area contributed by atoms with E-state index in [0.29, 0.717) is 18.5 Å². The molecule has 0 aliphatic carbocycles. The molecule has 0 bridgehead atoms. The predicted molar refractivity (Wildman–Crippen MR) is 72.1 cm³/mol. The van der Waals surface area contributed by atoms with Gasteiger partial charge < -0.3 is 5.32 Å². The zero-order valence-electron chi connectivity index (χ0n) is 10.5. The van der Waals surface area contributed by atoms with Crippen molar-refractivity contribution in [2.24, 2.45) is 10.9 Å². The van der Waals surface area contributed by atoms with Gasteiger partial charge in [-0.3, -0.25) is 4.99 Å². The molecular formula is C12H18N4S. The van der Waals surface area contributed by atoms with Crippen molar-refractivity contribution < 1.29 is 0 Å². The number of rotatable bonds is 2. The van der Waals surface area contributed by atoms with Gasteiger partial charge in [0.15, 0.2) is 5.17 Å². The number of nitrogens with zero attached hydrogens (tertiary/aromatic N) is 3. The van der Waals surface area contributed by atoms with Crippen LogP contribution in [0, 0.1) is 12.8 Å². The van der Waals surface area contributed by atoms with Crippen LogP contribution in [0.4, 0.5) is 0 Å². The summed E-state index contributed by atoms with van der Waals surface area (Å²) in [5, 5.41) is 4.45. The normalized spacial score (nSPS) is 26.9. The third-order valence-electron chi connectivity index (χ3n) is 2.91. The SMILES string of the molecule is Cc1nccc(CN=C2NC(C)C(C)CS2)n1. The van der Waals surface area contributed by atoms with E-state index in [2.05, 4.69) is 34.1 Å². The molecule has 1 aliphatic rings. The predicted octanol–water partition coefficient (Wildman–Crippen LogP) is 2.00. The Morgan fingerprint density at radius 2 is 2.35 bits per heavy atom. The molecule has 2 unspecified atom stereocenters. The van der Waals surface area contributed by atoms with Crippen LogP contribution in [0.1, 0.15) is 25.4 Å². The van der Waals surface area contributed by atoms with Gasteiger partial charge in [-0.1, -0.05) is 18.7 Å². The zero-order chi connectivity index (χ0) is 12.3. The summed E-state index contributed by atoms with van der Waals surface area (Å²) in [4.78, 5) is 13.0. The minimum absolute atomic E-state index is 0.502. The lowest BCUT2D eigenvalue weighted by atomic mass is 10.1. The smallest absolute Gasteiger partial charge is 0.157 e. The first kappa shape index (κ1) is 12.4. The summed E-state index contributed by atoms with van der Waals surface area (Å²) < 4.78 is 0. The Bertz CT molecular complexity index is 419. The van der Waals surface area contributed by atoms with Crippen molar-refractivity contribution in [3.05, 3.63) is 23.8 Å². The number of amidine groups is 1. The summed E-state index contributed by atoms with van der Waals surface area (Å²) in [5.41, 5.74) is 0.971. The van der Waals surface area contributed by atoms with Crippen molar-refractivity contribution in [3.63, 3.8) is 0 Å². The average Bonchev–Trinajstić information content (AvgIpc) is 2.31. The van der Waals surface area contributed by atoms with Crippen LogP contribution in [0.3, 0.4) is 0 Å². The van der Waals surface area contributed by atoms with Crippen LogP contribution in [0.5, 0.6) is 0 Å². The molecule has 5 heteroatoms. The fraction of sp³-hybridized carbons (Fsp3) is 0.583. The van der Waals surface area contributed by atoms with Crippen LogP contribution < -0.4 is 5.32 Å². The highest BCUT2D eigenvalue weighted by molar-refractivity contribution is 8.13. The minimum Gasteiger partial charge on any atom is -0.362 e. The van der Waals surface area contributed by atoms with Crippen LogP contribution >= 0.6 is 11.8 Å². The Morgan fingerprint density at radius 3 is 3.06 bits per heavy atom. The summed E-state index contributed by atoms with van der Waals surface area (Å²) >= 11 is 1.79. The number of thioether (sulfide) groups is 1. The Morgan fingerprint density at radius 1 is 1.53 bits per heavy atom. The number of aliphatic imine (C=N–C) groups is 1. The average molecular weight is 250 g/mol. The molecular weight excluding hydrogens is 232 g/mol. The third kappa shape index (κ3) is 3.43. The number of aromatic nitrogens is 2. The van der Waals surface area contributed by atoms with Gasteiger partial charge in [0.05, 0.1) is 12.2 Å². The summed E-state index contributed by atoms with van der Waals surface area (Å²) in [5.74, 6) is 2.63. The van der Waals surface area contributed by atoms with Crippen LogP contribution in [-0.4, -0.2) is 26.9 Å². The quantitative estimate of drug-likeness (QED) is 0.872. The molecule has 17 heavy (non-hydrogen) atoms. The molecule has 0 spiro atoms. The third-order valence-corrected chi connectivity index (χ3v) is 4.12. The summed E-state index contributed by atoms with van der Waals surface area (Å²) in [6, 6.07) is 2.42. The molecule has 1 aliphatic heterocycles. The maximum atomic E-state index is 4.56. The second-order valence-corrected chi connectivity index (χ2v) is 5.45. The van der Waals surface area contributed by atoms with Crippen LogP contribution in [0.2, 0.25) is 0 Å². The van der Waals surface area contributed by atoms with Gasteiger partial charge in [0, 0.05) is 18.0 Å². The van der Waals surface area contributed by atoms with E-state index in [1.807, 2.05) is 13.0 Å². The highest BCUT2D eigenvalue weighted by Gasteiger charge is 2.20. The van der Waals surface area contributed by atoms with E-state index < -0.39 is 0 Å². The molecule has 1 N–H and O–H groups in total. The molecule has 0 saturated carbocycles. The molecule has 1 aromatic heterocycles. The Hall–Kier alpha value is -1.10. The van der Waals surface area contributed by atoms with E-state index in [9.17, 15) is 0 Å². The molecule has 4 nitrogen and oxygen atoms in total. The summed E-state index contributed by atoms with van der Waals surface area (Å²) in [6.07, 6.45) is 1.78. The van der Waals surface area contributed by atoms with Crippen LogP contribution in [-0.2, 0) is 6.54 Å². The van der Waals surface area contributed by atoms with E-state index in [0.717, 1.165) is 22.4 Å². The molecule has 92 valence electrons. The van der Waals surface area contributed by atoms with Gasteiger partial charge in [0.25, 0.3) is 0 Å². The molecule has 2 atom stereocenters. The molecule has 2 heterocycles. The summed E-state index contributed by atoms with van der Waals surface area (Å²) in [6.45, 7) is 6.98. The highest BCUT2D eigenvalue weighted by Crippen LogP contribution is 2.19. The van der Waals surface area contributed by atoms with Crippen molar-refractivity contribution >= 4 is 16.9 Å². The first-order valence-electron chi connectivity index (χ1n) is 5.87. The van der Waals surface area contributed by atoms with E-state index in [-0.39, 0.29) is 0 Å². The van der Waals surface area contributed by atoms with Crippen molar-refractivity contribution in [3.8, 4) is 0 Å². The monoisotopic (exact) mass is 250 g/mol. The van der Waals surface area contributed by atoms with Gasteiger partial charge in [0.1, 0.15) is 5.82 Å². The van der Waals surface area contributed by atoms with Gasteiger partial charge in [-0.05, 0) is 25.8 Å². The first-order chi connectivity index (χ1) is 8.15. The Kier molecular flexibility index (Phi) is 3.99. The standard InChI is InChI=1S/C12H18N4S/c1-8-7-17-12(15-9(8)2)14-6-11-4-5-13-10(3)16-11/h4-5,8-9H,6-7H2,1-3H3,(H,14,15). The second-order valence-electron chi connectivity index (χ2n) is 4.44. The lowest BCUT2D eigenvalue weighted by Gasteiger charge is -2.28. The molecule has 0 amide bonds. The molecule has 1 fully saturated rings. The highest BCUT2D eigenvalue weighted by atomic mass is 32.2. The minimum atomic E-state index is 0.502. The van der Waals surface area contributed by atoms with Crippen molar-refractivity contribution in [2.45, 2.75) is 33.4 Å². The van der Waals surface area contributed by atoms with E-state index in [4.69, 9.17) is 0 Å². The lowest BCUT2D eigenvalue weighted by Crippen LogP contribution is -2.41. The molecule has 2 rings (SSSR count). The largest absolute Gasteiger partial charge is 0.362 e. The molecule has 1 saturated heterocycles. The van der Waals surface area contributed by atoms with Crippen molar-refractivity contribution in [2.75, 3.05) is 5.75 Å². The van der Waals surface area contributed by atoms with Gasteiger partial charge in [-0.25, -0.2) is 9.97 Å². The van der Waals surface area contributed by atoms with Crippen molar-refractivity contribution in [1.29, 1.82) is 0 Å². The lowest BCUT2D eigenvalue weighted by molar-refractivity contribution is 0.490. The van der Waals surface area contributed by atoms with Gasteiger partial charge in [0.2, 0.25) is 0 Å². The summed E-state index contributed by atoms with van der Waals surface area (Å²) in [7, 11) is 0. The number of aryl methyl sites for hydroxylation is 1. The van der Waals surface area contributed by atoms with Gasteiger partial charge >= 0.3 is 0 Å². The van der Waals surface area contributed by atoms with E-state index in [1.165, 1.54) is 0 Å². The maximum absolute atomic E-state index is 4.56. The first-order valence-corrected chi connectivity index (χ1v) is 6.86. The van der Waals surface area contributed by atoms with Gasteiger partial charge in [-0.15, -0.1) is 0 Å². The second kappa shape index (κ2) is 5.49. The number of hydrogen-bond donors (Lipinski definition) is 1. The maximum Gasteiger partial charge on any atom is 0.157 e. The molecule has 0 aromatic carbocycles. The van der Waals surface area contributed by atoms with Crippen molar-refractivity contribution in [1.82, 2.24) is 15.3 Å². The van der Waals surface area contributed by atoms with Crippen LogP contribution in [0.25, 0.3) is 0 Å².